The van der Waals surface area contributed by atoms with Crippen molar-refractivity contribution in [2.45, 2.75) is 0 Å². The van der Waals surface area contributed by atoms with Gasteiger partial charge >= 0.3 is 0 Å². The first-order valence-electron chi connectivity index (χ1n) is 5.97. The highest BCUT2D eigenvalue weighted by Gasteiger charge is 2.09. The number of hydrogen-bond donors (Lipinski definition) is 2. The van der Waals surface area contributed by atoms with Gasteiger partial charge in [0.25, 0.3) is 5.91 Å². The third-order valence-electron chi connectivity index (χ3n) is 2.99. The Labute approximate surface area is 119 Å². The number of fused-ring (bicyclic) bond motifs is 1. The molecule has 0 aliphatic rings. The van der Waals surface area contributed by atoms with Crippen molar-refractivity contribution >= 4 is 34.1 Å². The van der Waals surface area contributed by atoms with Crippen molar-refractivity contribution in [2.75, 3.05) is 5.32 Å². The highest BCUT2D eigenvalue weighted by atomic mass is 35.5. The monoisotopic (exact) mass is 288 g/mol. The minimum Gasteiger partial charge on any atom is -0.361 e. The van der Waals surface area contributed by atoms with E-state index >= 15 is 0 Å². The van der Waals surface area contributed by atoms with Gasteiger partial charge in [0, 0.05) is 23.0 Å². The van der Waals surface area contributed by atoms with Crippen molar-refractivity contribution in [3.05, 3.63) is 65.1 Å². The summed E-state index contributed by atoms with van der Waals surface area (Å²) in [4.78, 5) is 15.1. The van der Waals surface area contributed by atoms with E-state index in [9.17, 15) is 9.18 Å². The Balaban J connectivity index is 1.86. The normalized spacial score (nSPS) is 10.7. The van der Waals surface area contributed by atoms with Gasteiger partial charge in [0.05, 0.1) is 5.02 Å². The van der Waals surface area contributed by atoms with Gasteiger partial charge in [-0.1, -0.05) is 17.7 Å². The van der Waals surface area contributed by atoms with Crippen molar-refractivity contribution in [2.24, 2.45) is 0 Å². The molecule has 0 bridgehead atoms. The molecule has 5 heteroatoms. The second kappa shape index (κ2) is 4.98. The van der Waals surface area contributed by atoms with Gasteiger partial charge in [-0.25, -0.2) is 4.39 Å². The maximum atomic E-state index is 13.3. The molecule has 100 valence electrons. The van der Waals surface area contributed by atoms with Crippen molar-refractivity contribution in [1.82, 2.24) is 4.98 Å². The molecule has 1 aromatic heterocycles. The van der Waals surface area contributed by atoms with Crippen LogP contribution in [0, 0.1) is 5.82 Å². The summed E-state index contributed by atoms with van der Waals surface area (Å²) in [6, 6.07) is 11.4. The molecule has 3 rings (SSSR count). The smallest absolute Gasteiger partial charge is 0.255 e. The second-order valence-corrected chi connectivity index (χ2v) is 4.77. The molecular formula is C15H10ClFN2O. The minimum atomic E-state index is -0.565. The Morgan fingerprint density at radius 1 is 1.15 bits per heavy atom. The average Bonchev–Trinajstić information content (AvgIpc) is 2.90. The van der Waals surface area contributed by atoms with Gasteiger partial charge in [0.1, 0.15) is 5.82 Å². The molecule has 0 atom stereocenters. The van der Waals surface area contributed by atoms with E-state index in [2.05, 4.69) is 10.3 Å². The molecule has 1 amide bonds. The summed E-state index contributed by atoms with van der Waals surface area (Å²) in [5, 5.41) is 3.68. The molecule has 0 spiro atoms. The van der Waals surface area contributed by atoms with E-state index in [-0.39, 0.29) is 10.9 Å². The summed E-state index contributed by atoms with van der Waals surface area (Å²) in [7, 11) is 0. The largest absolute Gasteiger partial charge is 0.361 e. The molecule has 2 aromatic carbocycles. The van der Waals surface area contributed by atoms with Crippen LogP contribution in [0.4, 0.5) is 10.1 Å². The Bertz CT molecular complexity index is 797. The van der Waals surface area contributed by atoms with Gasteiger partial charge in [-0.3, -0.25) is 4.79 Å². The summed E-state index contributed by atoms with van der Waals surface area (Å²) >= 11 is 5.60. The maximum absolute atomic E-state index is 13.3. The minimum absolute atomic E-state index is 0.0239. The first-order chi connectivity index (χ1) is 9.63. The summed E-state index contributed by atoms with van der Waals surface area (Å²) in [5.41, 5.74) is 1.73. The molecule has 1 heterocycles. The van der Waals surface area contributed by atoms with E-state index in [1.807, 2.05) is 12.1 Å². The predicted octanol–water partition coefficient (Wildman–Crippen LogP) is 4.21. The molecule has 3 nitrogen and oxygen atoms in total. The van der Waals surface area contributed by atoms with E-state index in [1.165, 1.54) is 12.1 Å². The number of nitrogens with one attached hydrogen (secondary N) is 2. The van der Waals surface area contributed by atoms with Crippen molar-refractivity contribution in [3.63, 3.8) is 0 Å². The maximum Gasteiger partial charge on any atom is 0.255 e. The third kappa shape index (κ3) is 2.38. The summed E-state index contributed by atoms with van der Waals surface area (Å²) < 4.78 is 13.3. The number of H-pyrrole nitrogens is 1. The number of halogens is 2. The Kier molecular flexibility index (Phi) is 3.16. The topological polar surface area (TPSA) is 44.9 Å². The molecule has 0 saturated heterocycles. The molecule has 0 fully saturated rings. The lowest BCUT2D eigenvalue weighted by Gasteiger charge is -2.06. The zero-order chi connectivity index (χ0) is 14.1. The number of hydrogen-bond acceptors (Lipinski definition) is 1. The van der Waals surface area contributed by atoms with Crippen LogP contribution in [0.2, 0.25) is 5.02 Å². The molecule has 0 radical (unpaired) electrons. The molecule has 0 aliphatic heterocycles. The fraction of sp³-hybridized carbons (Fsp3) is 0. The lowest BCUT2D eigenvalue weighted by molar-refractivity contribution is 0.102. The van der Waals surface area contributed by atoms with E-state index in [0.717, 1.165) is 10.9 Å². The summed E-state index contributed by atoms with van der Waals surface area (Å²) in [5.74, 6) is -0.868. The molecule has 20 heavy (non-hydrogen) atoms. The number of anilines is 1. The summed E-state index contributed by atoms with van der Waals surface area (Å²) in [6.07, 6.45) is 1.81. The predicted molar refractivity (Wildman–Crippen MR) is 77.7 cm³/mol. The Morgan fingerprint density at radius 2 is 2.00 bits per heavy atom. The molecule has 3 aromatic rings. The van der Waals surface area contributed by atoms with Gasteiger partial charge < -0.3 is 10.3 Å². The van der Waals surface area contributed by atoms with Gasteiger partial charge in [0.15, 0.2) is 0 Å². The first-order valence-corrected chi connectivity index (χ1v) is 6.35. The summed E-state index contributed by atoms with van der Waals surface area (Å²) in [6.45, 7) is 0. The Morgan fingerprint density at radius 3 is 2.80 bits per heavy atom. The van der Waals surface area contributed by atoms with Crippen LogP contribution in [0.25, 0.3) is 10.9 Å². The van der Waals surface area contributed by atoms with Gasteiger partial charge in [-0.05, 0) is 41.8 Å². The van der Waals surface area contributed by atoms with E-state index < -0.39 is 5.82 Å². The van der Waals surface area contributed by atoms with Crippen LogP contribution in [0.1, 0.15) is 10.4 Å². The highest BCUT2D eigenvalue weighted by molar-refractivity contribution is 6.30. The van der Waals surface area contributed by atoms with Crippen molar-refractivity contribution in [1.29, 1.82) is 0 Å². The second-order valence-electron chi connectivity index (χ2n) is 4.36. The van der Waals surface area contributed by atoms with Gasteiger partial charge in [-0.15, -0.1) is 0 Å². The van der Waals surface area contributed by atoms with Crippen LogP contribution in [-0.2, 0) is 0 Å². The van der Waals surface area contributed by atoms with E-state index in [0.29, 0.717) is 11.3 Å². The third-order valence-corrected chi connectivity index (χ3v) is 3.30. The van der Waals surface area contributed by atoms with Crippen molar-refractivity contribution < 1.29 is 9.18 Å². The van der Waals surface area contributed by atoms with Crippen LogP contribution >= 0.6 is 11.6 Å². The lowest BCUT2D eigenvalue weighted by Crippen LogP contribution is -2.11. The number of aromatic nitrogens is 1. The number of aromatic amines is 1. The van der Waals surface area contributed by atoms with Crippen LogP contribution in [-0.4, -0.2) is 10.9 Å². The van der Waals surface area contributed by atoms with Gasteiger partial charge in [0.2, 0.25) is 0 Å². The van der Waals surface area contributed by atoms with Crippen LogP contribution in [0.5, 0.6) is 0 Å². The van der Waals surface area contributed by atoms with E-state index in [1.54, 1.807) is 24.4 Å². The molecule has 0 saturated carbocycles. The van der Waals surface area contributed by atoms with E-state index in [4.69, 9.17) is 11.6 Å². The highest BCUT2D eigenvalue weighted by Crippen LogP contribution is 2.20. The quantitative estimate of drug-likeness (QED) is 0.729. The molecule has 2 N–H and O–H groups in total. The SMILES string of the molecule is O=C(Nc1ccc(Cl)c(F)c1)c1ccc2cc[nH]c2c1. The van der Waals surface area contributed by atoms with Crippen LogP contribution in [0.15, 0.2) is 48.7 Å². The zero-order valence-electron chi connectivity index (χ0n) is 10.3. The number of carbonyl (C=O) groups excluding carboxylic acids is 1. The number of carbonyl (C=O) groups is 1. The average molecular weight is 289 g/mol. The molecular weight excluding hydrogens is 279 g/mol. The zero-order valence-corrected chi connectivity index (χ0v) is 11.0. The fourth-order valence-corrected chi connectivity index (χ4v) is 2.08. The fourth-order valence-electron chi connectivity index (χ4n) is 1.97. The molecule has 0 unspecified atom stereocenters. The van der Waals surface area contributed by atoms with Crippen LogP contribution < -0.4 is 5.32 Å². The van der Waals surface area contributed by atoms with Crippen molar-refractivity contribution in [3.8, 4) is 0 Å². The lowest BCUT2D eigenvalue weighted by atomic mass is 10.1. The number of benzene rings is 2. The number of rotatable bonds is 2. The first kappa shape index (κ1) is 12.7. The van der Waals surface area contributed by atoms with Gasteiger partial charge in [-0.2, -0.15) is 0 Å². The molecule has 0 aliphatic carbocycles. The van der Waals surface area contributed by atoms with Crippen LogP contribution in [0.3, 0.4) is 0 Å². The standard InChI is InChI=1S/C15H10ClFN2O/c16-12-4-3-11(8-13(12)17)19-15(20)10-2-1-9-5-6-18-14(9)7-10/h1-8,18H,(H,19,20). The number of amides is 1. The Hall–Kier alpha value is -2.33.